The summed E-state index contributed by atoms with van der Waals surface area (Å²) in [5, 5.41) is 4.98. The van der Waals surface area contributed by atoms with Gasteiger partial charge in [0.05, 0.1) is 11.0 Å². The van der Waals surface area contributed by atoms with E-state index >= 15 is 0 Å². The summed E-state index contributed by atoms with van der Waals surface area (Å²) in [7, 11) is 0. The summed E-state index contributed by atoms with van der Waals surface area (Å²) in [5.41, 5.74) is 2.58. The van der Waals surface area contributed by atoms with Crippen LogP contribution >= 0.6 is 11.6 Å². The number of nitrogens with zero attached hydrogens (tertiary/aromatic N) is 1. The quantitative estimate of drug-likeness (QED) is 0.496. The largest absolute Gasteiger partial charge is 0.352 e. The highest BCUT2D eigenvalue weighted by molar-refractivity contribution is 6.30. The SMILES string of the molecule is CC(Cc1cccc(Cl)c1)NC(=O)Cn1c2ccccc2c(=O)c2ccccc21. The fourth-order valence-electron chi connectivity index (χ4n) is 3.78. The minimum atomic E-state index is -0.0986. The van der Waals surface area contributed by atoms with Gasteiger partial charge in [-0.05, 0) is 55.3 Å². The van der Waals surface area contributed by atoms with Gasteiger partial charge in [-0.2, -0.15) is 0 Å². The topological polar surface area (TPSA) is 51.1 Å². The van der Waals surface area contributed by atoms with Crippen LogP contribution in [0, 0.1) is 0 Å². The molecule has 0 saturated heterocycles. The standard InChI is InChI=1S/C24H21ClN2O2/c1-16(13-17-7-6-8-18(25)14-17)26-23(28)15-27-21-11-4-2-9-19(21)24(29)20-10-3-5-12-22(20)27/h2-12,14,16H,13,15H2,1H3,(H,26,28). The Morgan fingerprint density at radius 2 is 1.59 bits per heavy atom. The Bertz CT molecular complexity index is 1200. The predicted octanol–water partition coefficient (Wildman–Crippen LogP) is 4.56. The number of hydrogen-bond donors (Lipinski definition) is 1. The van der Waals surface area contributed by atoms with Crippen LogP contribution in [0.25, 0.3) is 21.8 Å². The number of nitrogens with one attached hydrogen (secondary N) is 1. The van der Waals surface area contributed by atoms with Crippen molar-refractivity contribution in [3.05, 3.63) is 93.6 Å². The van der Waals surface area contributed by atoms with Crippen LogP contribution in [0.2, 0.25) is 5.02 Å². The van der Waals surface area contributed by atoms with Crippen molar-refractivity contribution in [2.45, 2.75) is 25.9 Å². The smallest absolute Gasteiger partial charge is 0.240 e. The maximum Gasteiger partial charge on any atom is 0.240 e. The number of halogens is 1. The lowest BCUT2D eigenvalue weighted by molar-refractivity contribution is -0.122. The van der Waals surface area contributed by atoms with E-state index in [4.69, 9.17) is 11.6 Å². The number of pyridine rings is 1. The van der Waals surface area contributed by atoms with Crippen molar-refractivity contribution in [1.29, 1.82) is 0 Å². The van der Waals surface area contributed by atoms with Crippen LogP contribution in [-0.2, 0) is 17.8 Å². The van der Waals surface area contributed by atoms with Crippen molar-refractivity contribution in [1.82, 2.24) is 9.88 Å². The molecule has 0 aliphatic heterocycles. The van der Waals surface area contributed by atoms with E-state index < -0.39 is 0 Å². The molecule has 4 nitrogen and oxygen atoms in total. The second-order valence-corrected chi connectivity index (χ2v) is 7.69. The molecule has 29 heavy (non-hydrogen) atoms. The first-order valence-corrected chi connectivity index (χ1v) is 9.95. The molecule has 146 valence electrons. The molecule has 4 aromatic rings. The Morgan fingerprint density at radius 3 is 2.21 bits per heavy atom. The number of aromatic nitrogens is 1. The fourth-order valence-corrected chi connectivity index (χ4v) is 3.99. The molecule has 1 N–H and O–H groups in total. The van der Waals surface area contributed by atoms with E-state index in [0.717, 1.165) is 16.6 Å². The van der Waals surface area contributed by atoms with Crippen LogP contribution in [0.1, 0.15) is 12.5 Å². The average molecular weight is 405 g/mol. The number of rotatable bonds is 5. The monoisotopic (exact) mass is 404 g/mol. The number of carbonyl (C=O) groups is 1. The van der Waals surface area contributed by atoms with E-state index in [1.165, 1.54) is 0 Å². The fraction of sp³-hybridized carbons (Fsp3) is 0.167. The molecule has 1 atom stereocenters. The number of amides is 1. The van der Waals surface area contributed by atoms with Crippen molar-refractivity contribution >= 4 is 39.3 Å². The van der Waals surface area contributed by atoms with Crippen molar-refractivity contribution < 1.29 is 4.79 Å². The molecule has 1 aromatic heterocycles. The van der Waals surface area contributed by atoms with E-state index in [0.29, 0.717) is 22.2 Å². The van der Waals surface area contributed by atoms with E-state index in [1.54, 1.807) is 12.1 Å². The molecular formula is C24H21ClN2O2. The van der Waals surface area contributed by atoms with Gasteiger partial charge in [-0.25, -0.2) is 0 Å². The molecule has 1 unspecified atom stereocenters. The molecule has 4 rings (SSSR count). The molecule has 0 aliphatic rings. The molecule has 0 spiro atoms. The summed E-state index contributed by atoms with van der Waals surface area (Å²) in [5.74, 6) is -0.0986. The maximum atomic E-state index is 12.8. The van der Waals surface area contributed by atoms with Crippen LogP contribution in [0.5, 0.6) is 0 Å². The van der Waals surface area contributed by atoms with Crippen molar-refractivity contribution in [2.75, 3.05) is 0 Å². The van der Waals surface area contributed by atoms with Crippen LogP contribution in [0.15, 0.2) is 77.6 Å². The van der Waals surface area contributed by atoms with Gasteiger partial charge in [-0.1, -0.05) is 48.0 Å². The van der Waals surface area contributed by atoms with Crippen molar-refractivity contribution in [3.63, 3.8) is 0 Å². The highest BCUT2D eigenvalue weighted by atomic mass is 35.5. The molecule has 1 heterocycles. The normalized spacial score (nSPS) is 12.2. The van der Waals surface area contributed by atoms with Gasteiger partial charge >= 0.3 is 0 Å². The summed E-state index contributed by atoms with van der Waals surface area (Å²) in [4.78, 5) is 25.6. The Kier molecular flexibility index (Phi) is 5.36. The molecule has 0 fully saturated rings. The molecule has 1 amide bonds. The summed E-state index contributed by atoms with van der Waals surface area (Å²) >= 11 is 6.05. The van der Waals surface area contributed by atoms with Crippen LogP contribution in [0.4, 0.5) is 0 Å². The summed E-state index contributed by atoms with van der Waals surface area (Å²) in [6, 6.07) is 22.4. The van der Waals surface area contributed by atoms with Gasteiger partial charge in [0.15, 0.2) is 5.43 Å². The highest BCUT2D eigenvalue weighted by Gasteiger charge is 2.14. The zero-order valence-electron chi connectivity index (χ0n) is 16.1. The van der Waals surface area contributed by atoms with E-state index in [9.17, 15) is 9.59 Å². The molecule has 0 aliphatic carbocycles. The van der Waals surface area contributed by atoms with Crippen LogP contribution < -0.4 is 10.7 Å². The van der Waals surface area contributed by atoms with E-state index in [-0.39, 0.29) is 23.9 Å². The van der Waals surface area contributed by atoms with Gasteiger partial charge in [0, 0.05) is 21.8 Å². The van der Waals surface area contributed by atoms with Crippen LogP contribution in [0.3, 0.4) is 0 Å². The lowest BCUT2D eigenvalue weighted by Crippen LogP contribution is -2.36. The van der Waals surface area contributed by atoms with Crippen LogP contribution in [-0.4, -0.2) is 16.5 Å². The third-order valence-electron chi connectivity index (χ3n) is 5.02. The van der Waals surface area contributed by atoms with Gasteiger partial charge < -0.3 is 9.88 Å². The molecule has 5 heteroatoms. The number of fused-ring (bicyclic) bond motifs is 2. The lowest BCUT2D eigenvalue weighted by Gasteiger charge is -2.18. The first-order valence-electron chi connectivity index (χ1n) is 9.57. The molecular weight excluding hydrogens is 384 g/mol. The predicted molar refractivity (Wildman–Crippen MR) is 118 cm³/mol. The second kappa shape index (κ2) is 8.10. The first kappa shape index (κ1) is 19.2. The third kappa shape index (κ3) is 4.03. The molecule has 0 radical (unpaired) electrons. The van der Waals surface area contributed by atoms with E-state index in [1.807, 2.05) is 72.2 Å². The van der Waals surface area contributed by atoms with E-state index in [2.05, 4.69) is 5.32 Å². The van der Waals surface area contributed by atoms with Crippen molar-refractivity contribution in [3.8, 4) is 0 Å². The van der Waals surface area contributed by atoms with Gasteiger partial charge in [-0.15, -0.1) is 0 Å². The zero-order chi connectivity index (χ0) is 20.4. The summed E-state index contributed by atoms with van der Waals surface area (Å²) in [6.07, 6.45) is 0.692. The van der Waals surface area contributed by atoms with Gasteiger partial charge in [0.1, 0.15) is 6.54 Å². The average Bonchev–Trinajstić information content (AvgIpc) is 2.71. The first-order chi connectivity index (χ1) is 14.0. The Balaban J connectivity index is 1.62. The summed E-state index contributed by atoms with van der Waals surface area (Å²) < 4.78 is 1.91. The minimum absolute atomic E-state index is 0.0119. The number of carbonyl (C=O) groups excluding carboxylic acids is 1. The van der Waals surface area contributed by atoms with Crippen molar-refractivity contribution in [2.24, 2.45) is 0 Å². The Morgan fingerprint density at radius 1 is 0.966 bits per heavy atom. The van der Waals surface area contributed by atoms with Gasteiger partial charge in [-0.3, -0.25) is 9.59 Å². The summed E-state index contributed by atoms with van der Waals surface area (Å²) in [6.45, 7) is 2.11. The number of hydrogen-bond acceptors (Lipinski definition) is 2. The molecule has 0 bridgehead atoms. The lowest BCUT2D eigenvalue weighted by atomic mass is 10.1. The maximum absolute atomic E-state index is 12.8. The Hall–Kier alpha value is -3.11. The third-order valence-corrected chi connectivity index (χ3v) is 5.25. The number of para-hydroxylation sites is 2. The molecule has 0 saturated carbocycles. The number of benzene rings is 3. The Labute approximate surface area is 173 Å². The second-order valence-electron chi connectivity index (χ2n) is 7.25. The highest BCUT2D eigenvalue weighted by Crippen LogP contribution is 2.19. The molecule has 3 aromatic carbocycles. The van der Waals surface area contributed by atoms with Gasteiger partial charge in [0.2, 0.25) is 5.91 Å². The van der Waals surface area contributed by atoms with Gasteiger partial charge in [0.25, 0.3) is 0 Å². The minimum Gasteiger partial charge on any atom is -0.352 e. The zero-order valence-corrected chi connectivity index (χ0v) is 16.8.